The SMILES string of the molecule is Cc1cccc(-c2nc(CC(=O)N3CCCCCCC3)cs2)c1. The smallest absolute Gasteiger partial charge is 0.228 e. The number of likely N-dealkylation sites (tertiary alicyclic amines) is 1. The Kier molecular flexibility index (Phi) is 5.44. The number of carbonyl (C=O) groups is 1. The Morgan fingerprint density at radius 2 is 1.91 bits per heavy atom. The Labute approximate surface area is 142 Å². The summed E-state index contributed by atoms with van der Waals surface area (Å²) in [5.74, 6) is 0.230. The van der Waals surface area contributed by atoms with E-state index in [0.717, 1.165) is 42.2 Å². The van der Waals surface area contributed by atoms with Crippen molar-refractivity contribution in [3.63, 3.8) is 0 Å². The van der Waals surface area contributed by atoms with Gasteiger partial charge in [0.1, 0.15) is 5.01 Å². The van der Waals surface area contributed by atoms with Crippen molar-refractivity contribution in [1.82, 2.24) is 9.88 Å². The fourth-order valence-electron chi connectivity index (χ4n) is 3.06. The van der Waals surface area contributed by atoms with Gasteiger partial charge >= 0.3 is 0 Å². The molecule has 2 aromatic rings. The van der Waals surface area contributed by atoms with Crippen molar-refractivity contribution in [2.24, 2.45) is 0 Å². The van der Waals surface area contributed by atoms with E-state index in [1.807, 2.05) is 10.3 Å². The Morgan fingerprint density at radius 3 is 2.65 bits per heavy atom. The summed E-state index contributed by atoms with van der Waals surface area (Å²) in [5.41, 5.74) is 3.27. The number of nitrogens with zero attached hydrogens (tertiary/aromatic N) is 2. The first-order valence-corrected chi connectivity index (χ1v) is 9.39. The molecule has 1 fully saturated rings. The van der Waals surface area contributed by atoms with Gasteiger partial charge in [0.15, 0.2) is 0 Å². The Morgan fingerprint density at radius 1 is 1.17 bits per heavy atom. The summed E-state index contributed by atoms with van der Waals surface area (Å²) in [4.78, 5) is 19.2. The summed E-state index contributed by atoms with van der Waals surface area (Å²) in [6.07, 6.45) is 6.51. The number of amides is 1. The number of rotatable bonds is 3. The Balaban J connectivity index is 1.65. The third kappa shape index (κ3) is 4.41. The average molecular weight is 328 g/mol. The molecule has 1 aliphatic rings. The molecule has 0 N–H and O–H groups in total. The molecule has 0 bridgehead atoms. The van der Waals surface area contributed by atoms with Gasteiger partial charge in [-0.2, -0.15) is 0 Å². The van der Waals surface area contributed by atoms with Crippen LogP contribution in [0.5, 0.6) is 0 Å². The van der Waals surface area contributed by atoms with Crippen LogP contribution in [-0.2, 0) is 11.2 Å². The van der Waals surface area contributed by atoms with Crippen molar-refractivity contribution in [3.05, 3.63) is 40.9 Å². The third-order valence-electron chi connectivity index (χ3n) is 4.36. The first kappa shape index (κ1) is 16.2. The summed E-state index contributed by atoms with van der Waals surface area (Å²) < 4.78 is 0. The zero-order valence-electron chi connectivity index (χ0n) is 13.8. The monoisotopic (exact) mass is 328 g/mol. The number of aryl methyl sites for hydroxylation is 1. The highest BCUT2D eigenvalue weighted by Gasteiger charge is 2.16. The second-order valence-corrected chi connectivity index (χ2v) is 7.20. The molecule has 4 heteroatoms. The molecule has 23 heavy (non-hydrogen) atoms. The largest absolute Gasteiger partial charge is 0.342 e. The normalized spacial score (nSPS) is 16.0. The lowest BCUT2D eigenvalue weighted by Crippen LogP contribution is -2.34. The fraction of sp³-hybridized carbons (Fsp3) is 0.474. The van der Waals surface area contributed by atoms with E-state index in [9.17, 15) is 4.79 Å². The van der Waals surface area contributed by atoms with Gasteiger partial charge < -0.3 is 4.90 Å². The number of hydrogen-bond acceptors (Lipinski definition) is 3. The molecular formula is C19H24N2OS. The van der Waals surface area contributed by atoms with Gasteiger partial charge in [-0.1, -0.05) is 43.0 Å². The molecule has 3 nitrogen and oxygen atoms in total. The van der Waals surface area contributed by atoms with Gasteiger partial charge in [0.25, 0.3) is 0 Å². The van der Waals surface area contributed by atoms with E-state index in [1.54, 1.807) is 11.3 Å². The van der Waals surface area contributed by atoms with Gasteiger partial charge in [0, 0.05) is 24.0 Å². The van der Waals surface area contributed by atoms with Crippen LogP contribution in [0.4, 0.5) is 0 Å². The molecule has 0 atom stereocenters. The maximum absolute atomic E-state index is 12.5. The van der Waals surface area contributed by atoms with E-state index in [0.29, 0.717) is 6.42 Å². The molecule has 3 rings (SSSR count). The van der Waals surface area contributed by atoms with Crippen molar-refractivity contribution >= 4 is 17.2 Å². The summed E-state index contributed by atoms with van der Waals surface area (Å²) >= 11 is 1.63. The highest BCUT2D eigenvalue weighted by molar-refractivity contribution is 7.13. The minimum Gasteiger partial charge on any atom is -0.342 e. The van der Waals surface area contributed by atoms with Crippen molar-refractivity contribution in [2.75, 3.05) is 13.1 Å². The minimum absolute atomic E-state index is 0.230. The quantitative estimate of drug-likeness (QED) is 0.834. The molecule has 0 spiro atoms. The third-order valence-corrected chi connectivity index (χ3v) is 5.30. The number of thiazole rings is 1. The van der Waals surface area contributed by atoms with Crippen molar-refractivity contribution in [2.45, 2.75) is 45.4 Å². The summed E-state index contributed by atoms with van der Waals surface area (Å²) in [6.45, 7) is 3.91. The Hall–Kier alpha value is -1.68. The van der Waals surface area contributed by atoms with Gasteiger partial charge in [0.2, 0.25) is 5.91 Å². The molecule has 1 saturated heterocycles. The molecule has 1 aromatic heterocycles. The van der Waals surface area contributed by atoms with Gasteiger partial charge in [-0.15, -0.1) is 11.3 Å². The van der Waals surface area contributed by atoms with Crippen LogP contribution >= 0.6 is 11.3 Å². The predicted molar refractivity (Wildman–Crippen MR) is 95.7 cm³/mol. The molecule has 122 valence electrons. The van der Waals surface area contributed by atoms with Crippen molar-refractivity contribution in [3.8, 4) is 10.6 Å². The molecular weight excluding hydrogens is 304 g/mol. The van der Waals surface area contributed by atoms with Crippen molar-refractivity contribution < 1.29 is 4.79 Å². The maximum atomic E-state index is 12.5. The lowest BCUT2D eigenvalue weighted by molar-refractivity contribution is -0.130. The lowest BCUT2D eigenvalue weighted by atomic mass is 10.1. The molecule has 1 aliphatic heterocycles. The van der Waals surface area contributed by atoms with Gasteiger partial charge in [-0.3, -0.25) is 4.79 Å². The minimum atomic E-state index is 0.230. The number of benzene rings is 1. The van der Waals surface area contributed by atoms with Crippen LogP contribution in [-0.4, -0.2) is 28.9 Å². The molecule has 0 radical (unpaired) electrons. The fourth-order valence-corrected chi connectivity index (χ4v) is 3.88. The van der Waals surface area contributed by atoms with Crippen molar-refractivity contribution in [1.29, 1.82) is 0 Å². The highest BCUT2D eigenvalue weighted by Crippen LogP contribution is 2.25. The van der Waals surface area contributed by atoms with E-state index in [2.05, 4.69) is 36.2 Å². The van der Waals surface area contributed by atoms with Gasteiger partial charge in [-0.05, 0) is 25.8 Å². The number of hydrogen-bond donors (Lipinski definition) is 0. The van der Waals surface area contributed by atoms with E-state index in [1.165, 1.54) is 24.8 Å². The molecule has 0 saturated carbocycles. The van der Waals surface area contributed by atoms with E-state index < -0.39 is 0 Å². The van der Waals surface area contributed by atoms with E-state index in [4.69, 9.17) is 0 Å². The zero-order valence-corrected chi connectivity index (χ0v) is 14.6. The predicted octanol–water partition coefficient (Wildman–Crippen LogP) is 4.45. The van der Waals surface area contributed by atoms with Crippen LogP contribution in [0.1, 0.15) is 43.4 Å². The first-order chi connectivity index (χ1) is 11.2. The van der Waals surface area contributed by atoms with Crippen LogP contribution in [0.25, 0.3) is 10.6 Å². The molecule has 0 aliphatic carbocycles. The van der Waals surface area contributed by atoms with Gasteiger partial charge in [-0.25, -0.2) is 4.98 Å². The standard InChI is InChI=1S/C19H24N2OS/c1-15-8-7-9-16(12-15)19-20-17(14-23-19)13-18(22)21-10-5-3-2-4-6-11-21/h7-9,12,14H,2-6,10-11,13H2,1H3. The summed E-state index contributed by atoms with van der Waals surface area (Å²) in [6, 6.07) is 8.36. The van der Waals surface area contributed by atoms with E-state index in [-0.39, 0.29) is 5.91 Å². The van der Waals surface area contributed by atoms with Crippen LogP contribution in [0, 0.1) is 6.92 Å². The number of aromatic nitrogens is 1. The number of carbonyl (C=O) groups excluding carboxylic acids is 1. The van der Waals surface area contributed by atoms with Crippen LogP contribution in [0.15, 0.2) is 29.6 Å². The van der Waals surface area contributed by atoms with Crippen LogP contribution in [0.2, 0.25) is 0 Å². The topological polar surface area (TPSA) is 33.2 Å². The average Bonchev–Trinajstić information content (AvgIpc) is 2.95. The first-order valence-electron chi connectivity index (χ1n) is 8.51. The zero-order chi connectivity index (χ0) is 16.1. The summed E-state index contributed by atoms with van der Waals surface area (Å²) in [5, 5.41) is 3.03. The summed E-state index contributed by atoms with van der Waals surface area (Å²) in [7, 11) is 0. The molecule has 2 heterocycles. The second-order valence-electron chi connectivity index (χ2n) is 6.34. The van der Waals surface area contributed by atoms with Gasteiger partial charge in [0.05, 0.1) is 12.1 Å². The lowest BCUT2D eigenvalue weighted by Gasteiger charge is -2.24. The second kappa shape index (κ2) is 7.73. The van der Waals surface area contributed by atoms with Crippen LogP contribution in [0.3, 0.4) is 0 Å². The highest BCUT2D eigenvalue weighted by atomic mass is 32.1. The molecule has 0 unspecified atom stereocenters. The Bertz CT molecular complexity index is 657. The van der Waals surface area contributed by atoms with E-state index >= 15 is 0 Å². The van der Waals surface area contributed by atoms with Crippen LogP contribution < -0.4 is 0 Å². The molecule has 1 amide bonds. The maximum Gasteiger partial charge on any atom is 0.228 e. The molecule has 1 aromatic carbocycles.